The molecule has 0 bridgehead atoms. The highest BCUT2D eigenvalue weighted by Crippen LogP contribution is 2.44. The van der Waals surface area contributed by atoms with Gasteiger partial charge in [-0.15, -0.1) is 11.3 Å². The second-order valence-corrected chi connectivity index (χ2v) is 8.61. The van der Waals surface area contributed by atoms with E-state index >= 15 is 0 Å². The second-order valence-electron chi connectivity index (χ2n) is 7.53. The molecule has 0 N–H and O–H groups in total. The Bertz CT molecular complexity index is 1220. The minimum Gasteiger partial charge on any atom is -0.454 e. The summed E-state index contributed by atoms with van der Waals surface area (Å²) in [6.45, 7) is 2.42. The van der Waals surface area contributed by atoms with Gasteiger partial charge in [-0.05, 0) is 67.1 Å². The van der Waals surface area contributed by atoms with Gasteiger partial charge >= 0.3 is 0 Å². The van der Waals surface area contributed by atoms with Crippen molar-refractivity contribution in [1.29, 1.82) is 0 Å². The molecule has 0 radical (unpaired) electrons. The van der Waals surface area contributed by atoms with E-state index in [9.17, 15) is 0 Å². The average Bonchev–Trinajstić information content (AvgIpc) is 3.42. The first-order valence-corrected chi connectivity index (χ1v) is 10.5. The van der Waals surface area contributed by atoms with Crippen LogP contribution in [0.4, 0.5) is 0 Å². The Hall–Kier alpha value is -2.85. The molecular weight excluding hydrogens is 366 g/mol. The normalized spacial score (nSPS) is 14.6. The van der Waals surface area contributed by atoms with E-state index < -0.39 is 0 Å². The summed E-state index contributed by atoms with van der Waals surface area (Å²) in [6, 6.07) is 17.2. The molecule has 3 heterocycles. The molecule has 4 heteroatoms. The Labute approximate surface area is 167 Å². The minimum absolute atomic E-state index is 0.289. The largest absolute Gasteiger partial charge is 0.454 e. The van der Waals surface area contributed by atoms with E-state index in [0.29, 0.717) is 0 Å². The van der Waals surface area contributed by atoms with Gasteiger partial charge < -0.3 is 9.47 Å². The Morgan fingerprint density at radius 2 is 1.71 bits per heavy atom. The summed E-state index contributed by atoms with van der Waals surface area (Å²) in [4.78, 5) is 7.72. The lowest BCUT2D eigenvalue weighted by atomic mass is 9.97. The molecule has 3 nitrogen and oxygen atoms in total. The fourth-order valence-electron chi connectivity index (χ4n) is 4.26. The van der Waals surface area contributed by atoms with Gasteiger partial charge in [-0.3, -0.25) is 0 Å². The van der Waals surface area contributed by atoms with Gasteiger partial charge in [0.15, 0.2) is 11.5 Å². The van der Waals surface area contributed by atoms with Gasteiger partial charge in [0, 0.05) is 15.8 Å². The molecule has 0 saturated carbocycles. The van der Waals surface area contributed by atoms with E-state index in [2.05, 4.69) is 43.3 Å². The van der Waals surface area contributed by atoms with Gasteiger partial charge in [0.05, 0.1) is 5.69 Å². The van der Waals surface area contributed by atoms with Crippen molar-refractivity contribution in [2.75, 3.05) is 6.79 Å². The summed E-state index contributed by atoms with van der Waals surface area (Å²) < 4.78 is 11.0. The third-order valence-corrected chi connectivity index (χ3v) is 6.89. The molecule has 0 spiro atoms. The molecular formula is C24H19NO2S. The van der Waals surface area contributed by atoms with E-state index in [1.165, 1.54) is 51.8 Å². The number of benzene rings is 2. The summed E-state index contributed by atoms with van der Waals surface area (Å²) in [5.74, 6) is 1.60. The molecule has 0 amide bonds. The Morgan fingerprint density at radius 3 is 2.61 bits per heavy atom. The second kappa shape index (κ2) is 6.08. The number of aryl methyl sites for hydroxylation is 3. The fraction of sp³-hybridized carbons (Fsp3) is 0.208. The maximum Gasteiger partial charge on any atom is 0.231 e. The van der Waals surface area contributed by atoms with Crippen LogP contribution in [0.5, 0.6) is 11.5 Å². The van der Waals surface area contributed by atoms with Crippen molar-refractivity contribution in [2.24, 2.45) is 0 Å². The molecule has 28 heavy (non-hydrogen) atoms. The molecule has 0 saturated heterocycles. The summed E-state index contributed by atoms with van der Waals surface area (Å²) in [5, 5.41) is 1.35. The molecule has 6 rings (SSSR count). The van der Waals surface area contributed by atoms with Crippen molar-refractivity contribution < 1.29 is 9.47 Å². The molecule has 4 aromatic rings. The fourth-order valence-corrected chi connectivity index (χ4v) is 5.55. The molecule has 2 aromatic carbocycles. The van der Waals surface area contributed by atoms with Gasteiger partial charge in [0.1, 0.15) is 4.83 Å². The van der Waals surface area contributed by atoms with Crippen LogP contribution in [0.1, 0.15) is 22.4 Å². The highest BCUT2D eigenvalue weighted by molar-refractivity contribution is 7.19. The molecule has 2 aromatic heterocycles. The van der Waals surface area contributed by atoms with E-state index in [-0.39, 0.29) is 6.79 Å². The number of ether oxygens (including phenoxy) is 2. The summed E-state index contributed by atoms with van der Waals surface area (Å²) in [5.41, 5.74) is 7.39. The molecule has 0 fully saturated rings. The Balaban J connectivity index is 1.60. The van der Waals surface area contributed by atoms with E-state index in [1.54, 1.807) is 0 Å². The highest BCUT2D eigenvalue weighted by Gasteiger charge is 2.23. The Morgan fingerprint density at radius 1 is 0.893 bits per heavy atom. The average molecular weight is 385 g/mol. The summed E-state index contributed by atoms with van der Waals surface area (Å²) in [6.07, 6.45) is 3.61. The number of rotatable bonds is 2. The molecule has 1 aliphatic heterocycles. The zero-order chi connectivity index (χ0) is 18.7. The predicted octanol–water partition coefficient (Wildman–Crippen LogP) is 6.16. The number of thiophene rings is 1. The van der Waals surface area contributed by atoms with E-state index in [0.717, 1.165) is 27.6 Å². The van der Waals surface area contributed by atoms with Gasteiger partial charge in [0.2, 0.25) is 6.79 Å². The van der Waals surface area contributed by atoms with Crippen molar-refractivity contribution in [3.8, 4) is 33.9 Å². The van der Waals surface area contributed by atoms with Gasteiger partial charge in [0.25, 0.3) is 0 Å². The van der Waals surface area contributed by atoms with Crippen molar-refractivity contribution in [2.45, 2.75) is 26.2 Å². The number of aromatic nitrogens is 1. The highest BCUT2D eigenvalue weighted by atomic mass is 32.1. The lowest BCUT2D eigenvalue weighted by Gasteiger charge is -2.10. The van der Waals surface area contributed by atoms with Crippen molar-refractivity contribution in [3.05, 3.63) is 64.5 Å². The van der Waals surface area contributed by atoms with Crippen molar-refractivity contribution >= 4 is 21.6 Å². The van der Waals surface area contributed by atoms with Crippen LogP contribution < -0.4 is 9.47 Å². The molecule has 1 aliphatic carbocycles. The number of hydrogen-bond donors (Lipinski definition) is 0. The third kappa shape index (κ3) is 2.45. The number of nitrogens with zero attached hydrogens (tertiary/aromatic N) is 1. The summed E-state index contributed by atoms with van der Waals surface area (Å²) in [7, 11) is 0. The lowest BCUT2D eigenvalue weighted by molar-refractivity contribution is 0.174. The van der Waals surface area contributed by atoms with Gasteiger partial charge in [-0.1, -0.05) is 29.8 Å². The van der Waals surface area contributed by atoms with Crippen LogP contribution in [0.25, 0.3) is 32.6 Å². The first-order chi connectivity index (χ1) is 13.8. The van der Waals surface area contributed by atoms with Crippen LogP contribution in [-0.4, -0.2) is 11.8 Å². The zero-order valence-electron chi connectivity index (χ0n) is 15.6. The molecule has 0 atom stereocenters. The van der Waals surface area contributed by atoms with Crippen LogP contribution >= 0.6 is 11.3 Å². The predicted molar refractivity (Wildman–Crippen MR) is 113 cm³/mol. The Kier molecular flexibility index (Phi) is 3.50. The van der Waals surface area contributed by atoms with Crippen LogP contribution in [0.2, 0.25) is 0 Å². The van der Waals surface area contributed by atoms with Crippen LogP contribution in [-0.2, 0) is 12.8 Å². The first kappa shape index (κ1) is 16.1. The molecule has 0 unspecified atom stereocenters. The van der Waals surface area contributed by atoms with Crippen LogP contribution in [0.15, 0.2) is 48.5 Å². The maximum absolute atomic E-state index is 5.58. The minimum atomic E-state index is 0.289. The third-order valence-electron chi connectivity index (χ3n) is 5.71. The van der Waals surface area contributed by atoms with Crippen LogP contribution in [0, 0.1) is 6.92 Å². The number of hydrogen-bond acceptors (Lipinski definition) is 4. The lowest BCUT2D eigenvalue weighted by Crippen LogP contribution is -1.93. The topological polar surface area (TPSA) is 31.4 Å². The van der Waals surface area contributed by atoms with Gasteiger partial charge in [-0.25, -0.2) is 4.98 Å². The molecule has 2 aliphatic rings. The smallest absolute Gasteiger partial charge is 0.231 e. The standard InChI is InChI=1S/C24H19NO2S/c1-14-5-7-15(8-6-14)18-12-19(16-9-10-20-21(11-16)27-13-26-20)25-24-23(18)17-3-2-4-22(17)28-24/h5-12H,2-4,13H2,1H3. The number of fused-ring (bicyclic) bond motifs is 4. The van der Waals surface area contributed by atoms with Crippen molar-refractivity contribution in [3.63, 3.8) is 0 Å². The molecule has 138 valence electrons. The summed E-state index contributed by atoms with van der Waals surface area (Å²) >= 11 is 1.87. The van der Waals surface area contributed by atoms with Gasteiger partial charge in [-0.2, -0.15) is 0 Å². The SMILES string of the molecule is Cc1ccc(-c2cc(-c3ccc4c(c3)OCO4)nc3sc4c(c23)CCC4)cc1. The first-order valence-electron chi connectivity index (χ1n) is 9.68. The zero-order valence-corrected chi connectivity index (χ0v) is 16.4. The van der Waals surface area contributed by atoms with E-state index in [4.69, 9.17) is 14.5 Å². The maximum atomic E-state index is 5.58. The number of pyridine rings is 1. The van der Waals surface area contributed by atoms with E-state index in [1.807, 2.05) is 23.5 Å². The monoisotopic (exact) mass is 385 g/mol. The quantitative estimate of drug-likeness (QED) is 0.414. The van der Waals surface area contributed by atoms with Crippen molar-refractivity contribution in [1.82, 2.24) is 4.98 Å². The van der Waals surface area contributed by atoms with Crippen LogP contribution in [0.3, 0.4) is 0 Å².